The average molecular weight is 249 g/mol. The van der Waals surface area contributed by atoms with E-state index in [1.165, 1.54) is 0 Å². The highest BCUT2D eigenvalue weighted by Gasteiger charge is 2.23. The van der Waals surface area contributed by atoms with E-state index in [4.69, 9.17) is 37.8 Å². The Morgan fingerprint density at radius 2 is 1.93 bits per heavy atom. The lowest BCUT2D eigenvalue weighted by Gasteiger charge is -2.14. The van der Waals surface area contributed by atoms with Crippen LogP contribution in [0.5, 0.6) is 0 Å². The van der Waals surface area contributed by atoms with Crippen LogP contribution in [0.1, 0.15) is 17.4 Å². The Labute approximate surface area is 97.5 Å². The van der Waals surface area contributed by atoms with Crippen molar-refractivity contribution in [1.82, 2.24) is 0 Å². The molecule has 1 N–H and O–H groups in total. The minimum atomic E-state index is -0.444. The van der Waals surface area contributed by atoms with E-state index in [-0.39, 0.29) is 6.61 Å². The number of aliphatic hydroxyl groups excluding tert-OH is 1. The van der Waals surface area contributed by atoms with Crippen molar-refractivity contribution in [3.05, 3.63) is 33.3 Å². The Morgan fingerprint density at radius 1 is 1.27 bits per heavy atom. The molecule has 0 atom stereocenters. The molecular weight excluding hydrogens is 239 g/mol. The van der Waals surface area contributed by atoms with Gasteiger partial charge < -0.3 is 14.6 Å². The zero-order valence-corrected chi connectivity index (χ0v) is 9.38. The third kappa shape index (κ3) is 2.12. The number of hydrogen-bond acceptors (Lipinski definition) is 3. The third-order valence-corrected chi connectivity index (χ3v) is 3.05. The second-order valence-electron chi connectivity index (χ2n) is 3.16. The molecule has 0 unspecified atom stereocenters. The number of benzene rings is 1. The van der Waals surface area contributed by atoms with E-state index in [1.54, 1.807) is 12.1 Å². The van der Waals surface area contributed by atoms with Crippen molar-refractivity contribution in [2.75, 3.05) is 13.2 Å². The molecule has 0 aliphatic carbocycles. The van der Waals surface area contributed by atoms with E-state index in [2.05, 4.69) is 0 Å². The van der Waals surface area contributed by atoms with Gasteiger partial charge in [-0.25, -0.2) is 0 Å². The number of rotatable bonds is 2. The van der Waals surface area contributed by atoms with Crippen LogP contribution < -0.4 is 0 Å². The molecule has 5 heteroatoms. The first-order valence-electron chi connectivity index (χ1n) is 4.55. The molecule has 0 spiro atoms. The van der Waals surface area contributed by atoms with Crippen LogP contribution in [-0.2, 0) is 16.1 Å². The summed E-state index contributed by atoms with van der Waals surface area (Å²) in [7, 11) is 0. The van der Waals surface area contributed by atoms with Crippen molar-refractivity contribution < 1.29 is 14.6 Å². The van der Waals surface area contributed by atoms with Gasteiger partial charge in [-0.1, -0.05) is 29.3 Å². The first kappa shape index (κ1) is 11.2. The Kier molecular flexibility index (Phi) is 3.49. The first-order valence-corrected chi connectivity index (χ1v) is 5.30. The van der Waals surface area contributed by atoms with Crippen LogP contribution in [0.25, 0.3) is 0 Å². The largest absolute Gasteiger partial charge is 0.392 e. The van der Waals surface area contributed by atoms with Gasteiger partial charge in [-0.3, -0.25) is 0 Å². The summed E-state index contributed by atoms with van der Waals surface area (Å²) in [5.41, 5.74) is 1.22. The summed E-state index contributed by atoms with van der Waals surface area (Å²) in [5, 5.41) is 9.98. The van der Waals surface area contributed by atoms with Crippen LogP contribution >= 0.6 is 23.2 Å². The second kappa shape index (κ2) is 4.68. The molecular formula is C10H10Cl2O3. The fraction of sp³-hybridized carbons (Fsp3) is 0.400. The van der Waals surface area contributed by atoms with Gasteiger partial charge in [0, 0.05) is 16.1 Å². The molecule has 1 heterocycles. The van der Waals surface area contributed by atoms with Gasteiger partial charge in [-0.05, 0) is 6.07 Å². The zero-order valence-electron chi connectivity index (χ0n) is 7.87. The molecule has 1 aliphatic heterocycles. The maximum Gasteiger partial charge on any atom is 0.185 e. The molecule has 1 aromatic carbocycles. The summed E-state index contributed by atoms with van der Waals surface area (Å²) in [6.07, 6.45) is -0.444. The lowest BCUT2D eigenvalue weighted by atomic mass is 10.1. The maximum atomic E-state index is 9.12. The van der Waals surface area contributed by atoms with E-state index in [0.29, 0.717) is 34.4 Å². The maximum absolute atomic E-state index is 9.12. The quantitative estimate of drug-likeness (QED) is 0.875. The Bertz CT molecular complexity index is 362. The second-order valence-corrected chi connectivity index (χ2v) is 3.95. The van der Waals surface area contributed by atoms with Crippen molar-refractivity contribution in [3.63, 3.8) is 0 Å². The van der Waals surface area contributed by atoms with Gasteiger partial charge in [0.1, 0.15) is 0 Å². The molecule has 0 radical (unpaired) electrons. The summed E-state index contributed by atoms with van der Waals surface area (Å²) in [6.45, 7) is 0.911. The molecule has 2 rings (SSSR count). The van der Waals surface area contributed by atoms with Crippen molar-refractivity contribution in [3.8, 4) is 0 Å². The summed E-state index contributed by atoms with van der Waals surface area (Å²) in [5.74, 6) is 0. The predicted octanol–water partition coefficient (Wildman–Crippen LogP) is 2.53. The smallest absolute Gasteiger partial charge is 0.185 e. The highest BCUT2D eigenvalue weighted by atomic mass is 35.5. The third-order valence-electron chi connectivity index (χ3n) is 2.25. The molecule has 3 nitrogen and oxygen atoms in total. The van der Waals surface area contributed by atoms with Gasteiger partial charge in [0.05, 0.1) is 24.8 Å². The van der Waals surface area contributed by atoms with Gasteiger partial charge in [-0.15, -0.1) is 0 Å². The fourth-order valence-corrected chi connectivity index (χ4v) is 2.06. The number of ether oxygens (including phenoxy) is 2. The van der Waals surface area contributed by atoms with Crippen LogP contribution in [0.3, 0.4) is 0 Å². The normalized spacial score (nSPS) is 17.3. The monoisotopic (exact) mass is 248 g/mol. The molecule has 0 saturated carbocycles. The standard InChI is InChI=1S/C10H10Cl2O3/c11-8-2-1-6(9(12)7(8)5-13)10-14-3-4-15-10/h1-2,10,13H,3-5H2. The van der Waals surface area contributed by atoms with Crippen LogP contribution in [0, 0.1) is 0 Å². The van der Waals surface area contributed by atoms with E-state index in [1.807, 2.05) is 0 Å². The van der Waals surface area contributed by atoms with Crippen molar-refractivity contribution in [1.29, 1.82) is 0 Å². The molecule has 0 aromatic heterocycles. The van der Waals surface area contributed by atoms with Gasteiger partial charge in [0.25, 0.3) is 0 Å². The SMILES string of the molecule is OCc1c(Cl)ccc(C2OCCO2)c1Cl. The Morgan fingerprint density at radius 3 is 2.53 bits per heavy atom. The predicted molar refractivity (Wildman–Crippen MR) is 57.0 cm³/mol. The van der Waals surface area contributed by atoms with Gasteiger partial charge in [0.15, 0.2) is 6.29 Å². The average Bonchev–Trinajstić information content (AvgIpc) is 2.71. The lowest BCUT2D eigenvalue weighted by Crippen LogP contribution is -2.01. The van der Waals surface area contributed by atoms with Gasteiger partial charge in [0.2, 0.25) is 0 Å². The summed E-state index contributed by atoms with van der Waals surface area (Å²) in [6, 6.07) is 3.43. The van der Waals surface area contributed by atoms with E-state index >= 15 is 0 Å². The van der Waals surface area contributed by atoms with Crippen molar-refractivity contribution >= 4 is 23.2 Å². The number of hydrogen-bond donors (Lipinski definition) is 1. The Hall–Kier alpha value is -0.320. The van der Waals surface area contributed by atoms with Crippen molar-refractivity contribution in [2.45, 2.75) is 12.9 Å². The highest BCUT2D eigenvalue weighted by Crippen LogP contribution is 2.35. The van der Waals surface area contributed by atoms with Crippen LogP contribution in [-0.4, -0.2) is 18.3 Å². The van der Waals surface area contributed by atoms with Crippen LogP contribution in [0.15, 0.2) is 12.1 Å². The zero-order chi connectivity index (χ0) is 10.8. The molecule has 1 aromatic rings. The minimum Gasteiger partial charge on any atom is -0.392 e. The van der Waals surface area contributed by atoms with Gasteiger partial charge >= 0.3 is 0 Å². The molecule has 82 valence electrons. The molecule has 0 bridgehead atoms. The topological polar surface area (TPSA) is 38.7 Å². The number of halogens is 2. The fourth-order valence-electron chi connectivity index (χ4n) is 1.48. The molecule has 1 aliphatic rings. The number of aliphatic hydroxyl groups is 1. The molecule has 15 heavy (non-hydrogen) atoms. The Balaban J connectivity index is 2.39. The molecule has 1 saturated heterocycles. The van der Waals surface area contributed by atoms with Crippen LogP contribution in [0.4, 0.5) is 0 Å². The van der Waals surface area contributed by atoms with Gasteiger partial charge in [-0.2, -0.15) is 0 Å². The summed E-state index contributed by atoms with van der Waals surface area (Å²) in [4.78, 5) is 0. The van der Waals surface area contributed by atoms with E-state index in [9.17, 15) is 0 Å². The van der Waals surface area contributed by atoms with Crippen LogP contribution in [0.2, 0.25) is 10.0 Å². The summed E-state index contributed by atoms with van der Waals surface area (Å²) >= 11 is 12.0. The first-order chi connectivity index (χ1) is 7.24. The molecule has 1 fully saturated rings. The van der Waals surface area contributed by atoms with E-state index < -0.39 is 6.29 Å². The van der Waals surface area contributed by atoms with E-state index in [0.717, 1.165) is 0 Å². The highest BCUT2D eigenvalue weighted by molar-refractivity contribution is 6.36. The minimum absolute atomic E-state index is 0.196. The molecule has 0 amide bonds. The summed E-state index contributed by atoms with van der Waals surface area (Å²) < 4.78 is 10.7. The lowest BCUT2D eigenvalue weighted by molar-refractivity contribution is -0.0441. The van der Waals surface area contributed by atoms with Crippen molar-refractivity contribution in [2.24, 2.45) is 0 Å².